The molecule has 0 unspecified atom stereocenters. The summed E-state index contributed by atoms with van der Waals surface area (Å²) < 4.78 is 28.2. The van der Waals surface area contributed by atoms with E-state index in [0.29, 0.717) is 17.7 Å². The van der Waals surface area contributed by atoms with Crippen molar-refractivity contribution in [1.82, 2.24) is 4.90 Å². The summed E-state index contributed by atoms with van der Waals surface area (Å²) in [7, 11) is -1.46. The zero-order valence-corrected chi connectivity index (χ0v) is 13.0. The van der Waals surface area contributed by atoms with E-state index < -0.39 is 15.7 Å². The highest BCUT2D eigenvalue weighted by Gasteiger charge is 2.32. The quantitative estimate of drug-likeness (QED) is 0.807. The van der Waals surface area contributed by atoms with Gasteiger partial charge in [0.15, 0.2) is 16.4 Å². The summed E-state index contributed by atoms with van der Waals surface area (Å²) in [5.41, 5.74) is 5.48. The van der Waals surface area contributed by atoms with Crippen molar-refractivity contribution in [2.24, 2.45) is 5.73 Å². The summed E-state index contributed by atoms with van der Waals surface area (Å²) in [4.78, 5) is 24.4. The van der Waals surface area contributed by atoms with Crippen LogP contribution in [0.2, 0.25) is 0 Å². The number of nitrogens with two attached hydrogens (primary N) is 1. The molecular formula is C14H18N2O5S. The van der Waals surface area contributed by atoms with Gasteiger partial charge in [-0.2, -0.15) is 0 Å². The molecule has 1 aromatic rings. The van der Waals surface area contributed by atoms with Crippen LogP contribution in [0.5, 0.6) is 5.75 Å². The van der Waals surface area contributed by atoms with Crippen LogP contribution in [0.25, 0.3) is 0 Å². The second-order valence-electron chi connectivity index (χ2n) is 5.24. The summed E-state index contributed by atoms with van der Waals surface area (Å²) in [6.07, 6.45) is 0.456. The maximum atomic E-state index is 12.0. The van der Waals surface area contributed by atoms with Crippen LogP contribution in [0.15, 0.2) is 24.3 Å². The van der Waals surface area contributed by atoms with Gasteiger partial charge in [-0.3, -0.25) is 9.59 Å². The lowest BCUT2D eigenvalue weighted by Gasteiger charge is -2.23. The maximum absolute atomic E-state index is 12.0. The van der Waals surface area contributed by atoms with Crippen LogP contribution < -0.4 is 10.5 Å². The fraction of sp³-hybridized carbons (Fsp3) is 0.429. The van der Waals surface area contributed by atoms with Gasteiger partial charge in [-0.25, -0.2) is 8.42 Å². The van der Waals surface area contributed by atoms with Crippen LogP contribution in [0, 0.1) is 0 Å². The van der Waals surface area contributed by atoms with E-state index in [9.17, 15) is 18.0 Å². The van der Waals surface area contributed by atoms with Crippen LogP contribution in [0.3, 0.4) is 0 Å². The minimum Gasteiger partial charge on any atom is -0.484 e. The Morgan fingerprint density at radius 2 is 1.95 bits per heavy atom. The summed E-state index contributed by atoms with van der Waals surface area (Å²) >= 11 is 0. The van der Waals surface area contributed by atoms with Crippen LogP contribution in [-0.2, 0) is 14.6 Å². The molecule has 0 aliphatic carbocycles. The molecular weight excluding hydrogens is 308 g/mol. The first kappa shape index (κ1) is 16.3. The Balaban J connectivity index is 1.88. The zero-order chi connectivity index (χ0) is 16.3. The SMILES string of the molecule is CN(C(=O)COc1ccc(C(N)=O)cc1)[C@@H]1CCS(=O)(=O)C1. The highest BCUT2D eigenvalue weighted by molar-refractivity contribution is 7.91. The van der Waals surface area contributed by atoms with Crippen LogP contribution in [0.1, 0.15) is 16.8 Å². The minimum atomic E-state index is -3.03. The highest BCUT2D eigenvalue weighted by atomic mass is 32.2. The number of rotatable bonds is 5. The molecule has 7 nitrogen and oxygen atoms in total. The highest BCUT2D eigenvalue weighted by Crippen LogP contribution is 2.17. The molecule has 22 heavy (non-hydrogen) atoms. The van der Waals surface area contributed by atoms with Gasteiger partial charge in [-0.05, 0) is 30.7 Å². The summed E-state index contributed by atoms with van der Waals surface area (Å²) in [6, 6.07) is 5.82. The van der Waals surface area contributed by atoms with Crippen molar-refractivity contribution in [2.75, 3.05) is 25.2 Å². The topological polar surface area (TPSA) is 107 Å². The Morgan fingerprint density at radius 1 is 1.32 bits per heavy atom. The van der Waals surface area contributed by atoms with E-state index >= 15 is 0 Å². The number of benzene rings is 1. The number of nitrogens with zero attached hydrogens (tertiary/aromatic N) is 1. The average Bonchev–Trinajstić information content (AvgIpc) is 2.84. The standard InChI is InChI=1S/C14H18N2O5S/c1-16(11-6-7-22(19,20)9-11)13(17)8-21-12-4-2-10(3-5-12)14(15)18/h2-5,11H,6-9H2,1H3,(H2,15,18)/t11-/m1/s1. The first-order valence-electron chi connectivity index (χ1n) is 6.77. The Labute approximate surface area is 129 Å². The predicted molar refractivity (Wildman–Crippen MR) is 80.3 cm³/mol. The van der Waals surface area contributed by atoms with Gasteiger partial charge in [0, 0.05) is 18.7 Å². The van der Waals surface area contributed by atoms with Crippen molar-refractivity contribution in [1.29, 1.82) is 0 Å². The molecule has 0 aromatic heterocycles. The molecule has 0 saturated carbocycles. The Hall–Kier alpha value is -2.09. The van der Waals surface area contributed by atoms with Crippen molar-refractivity contribution < 1.29 is 22.7 Å². The van der Waals surface area contributed by atoms with Crippen LogP contribution in [0.4, 0.5) is 0 Å². The molecule has 0 spiro atoms. The Bertz CT molecular complexity index is 669. The third-order valence-corrected chi connectivity index (χ3v) is 5.40. The van der Waals surface area contributed by atoms with Gasteiger partial charge in [-0.15, -0.1) is 0 Å². The predicted octanol–water partition coefficient (Wildman–Crippen LogP) is -0.190. The van der Waals surface area contributed by atoms with Gasteiger partial charge in [0.25, 0.3) is 5.91 Å². The monoisotopic (exact) mass is 326 g/mol. The smallest absolute Gasteiger partial charge is 0.260 e. The fourth-order valence-corrected chi connectivity index (χ4v) is 4.02. The second-order valence-corrected chi connectivity index (χ2v) is 7.47. The molecule has 8 heteroatoms. The van der Waals surface area contributed by atoms with Gasteiger partial charge < -0.3 is 15.4 Å². The molecule has 2 amide bonds. The van der Waals surface area contributed by atoms with E-state index in [2.05, 4.69) is 0 Å². The number of amides is 2. The molecule has 2 N–H and O–H groups in total. The molecule has 1 atom stereocenters. The number of likely N-dealkylation sites (N-methyl/N-ethyl adjacent to an activating group) is 1. The van der Waals surface area contributed by atoms with E-state index in [-0.39, 0.29) is 30.1 Å². The lowest BCUT2D eigenvalue weighted by Crippen LogP contribution is -2.40. The average molecular weight is 326 g/mol. The van der Waals surface area contributed by atoms with E-state index in [1.807, 2.05) is 0 Å². The lowest BCUT2D eigenvalue weighted by molar-refractivity contribution is -0.133. The molecule has 0 bridgehead atoms. The molecule has 1 aliphatic heterocycles. The van der Waals surface area contributed by atoms with Gasteiger partial charge in [0.2, 0.25) is 5.91 Å². The number of hydrogen-bond acceptors (Lipinski definition) is 5. The second kappa shape index (κ2) is 6.35. The minimum absolute atomic E-state index is 0.00253. The molecule has 1 aromatic carbocycles. The van der Waals surface area contributed by atoms with E-state index in [1.54, 1.807) is 19.2 Å². The molecule has 120 valence electrons. The number of sulfone groups is 1. The third-order valence-electron chi connectivity index (χ3n) is 3.65. The van der Waals surface area contributed by atoms with E-state index in [4.69, 9.17) is 10.5 Å². The van der Waals surface area contributed by atoms with Crippen LogP contribution in [-0.4, -0.2) is 56.3 Å². The van der Waals surface area contributed by atoms with Gasteiger partial charge in [0.1, 0.15) is 5.75 Å². The van der Waals surface area contributed by atoms with E-state index in [1.165, 1.54) is 17.0 Å². The normalized spacial score (nSPS) is 19.6. The molecule has 1 heterocycles. The fourth-order valence-electron chi connectivity index (χ4n) is 2.25. The maximum Gasteiger partial charge on any atom is 0.260 e. The Morgan fingerprint density at radius 3 is 2.45 bits per heavy atom. The van der Waals surface area contributed by atoms with Gasteiger partial charge in [-0.1, -0.05) is 0 Å². The molecule has 0 radical (unpaired) electrons. The number of ether oxygens (including phenoxy) is 1. The Kier molecular flexibility index (Phi) is 4.70. The zero-order valence-electron chi connectivity index (χ0n) is 12.2. The first-order chi connectivity index (χ1) is 10.3. The first-order valence-corrected chi connectivity index (χ1v) is 8.59. The summed E-state index contributed by atoms with van der Waals surface area (Å²) in [6.45, 7) is -0.192. The largest absolute Gasteiger partial charge is 0.484 e. The van der Waals surface area contributed by atoms with Gasteiger partial charge in [0.05, 0.1) is 11.5 Å². The molecule has 2 rings (SSSR count). The number of carbonyl (C=O) groups is 2. The van der Waals surface area contributed by atoms with Crippen molar-refractivity contribution in [3.63, 3.8) is 0 Å². The summed E-state index contributed by atoms with van der Waals surface area (Å²) in [5, 5.41) is 0. The lowest BCUT2D eigenvalue weighted by atomic mass is 10.2. The molecule has 1 saturated heterocycles. The molecule has 1 fully saturated rings. The van der Waals surface area contributed by atoms with Crippen LogP contribution >= 0.6 is 0 Å². The van der Waals surface area contributed by atoms with Crippen molar-refractivity contribution >= 4 is 21.7 Å². The summed E-state index contributed by atoms with van der Waals surface area (Å²) in [5.74, 6) is -0.274. The number of carbonyl (C=O) groups excluding carboxylic acids is 2. The molecule has 1 aliphatic rings. The van der Waals surface area contributed by atoms with Crippen molar-refractivity contribution in [2.45, 2.75) is 12.5 Å². The van der Waals surface area contributed by atoms with Gasteiger partial charge >= 0.3 is 0 Å². The van der Waals surface area contributed by atoms with Crippen molar-refractivity contribution in [3.8, 4) is 5.75 Å². The number of hydrogen-bond donors (Lipinski definition) is 1. The third kappa shape index (κ3) is 3.97. The van der Waals surface area contributed by atoms with Crippen molar-refractivity contribution in [3.05, 3.63) is 29.8 Å². The van der Waals surface area contributed by atoms with E-state index in [0.717, 1.165) is 0 Å². The number of primary amides is 1.